The fourth-order valence-electron chi connectivity index (χ4n) is 1.95. The largest absolute Gasteiger partial charge is 0.363 e. The van der Waals surface area contributed by atoms with E-state index in [0.29, 0.717) is 5.75 Å². The molecule has 0 unspecified atom stereocenters. The summed E-state index contributed by atoms with van der Waals surface area (Å²) in [5, 5.41) is 4.09. The Balaban J connectivity index is 1.71. The molecule has 0 aromatic carbocycles. The van der Waals surface area contributed by atoms with Gasteiger partial charge < -0.3 is 10.2 Å². The summed E-state index contributed by atoms with van der Waals surface area (Å²) in [6.07, 6.45) is 2.30. The Labute approximate surface area is 101 Å². The van der Waals surface area contributed by atoms with Gasteiger partial charge in [0, 0.05) is 19.6 Å². The predicted octanol–water partition coefficient (Wildman–Crippen LogP) is 0.937. The Hall–Kier alpha value is -0.710. The van der Waals surface area contributed by atoms with Crippen molar-refractivity contribution >= 4 is 22.8 Å². The minimum absolute atomic E-state index is 0.258. The number of hydrogen-bond donors (Lipinski definition) is 1. The van der Waals surface area contributed by atoms with E-state index >= 15 is 0 Å². The number of nitrogens with one attached hydrogen (secondary N) is 1. The van der Waals surface area contributed by atoms with Crippen molar-refractivity contribution < 1.29 is 4.79 Å². The number of likely N-dealkylation sites (tertiary alicyclic amines) is 1. The third kappa shape index (κ3) is 3.14. The zero-order chi connectivity index (χ0) is 11.4. The number of hydrogen-bond acceptors (Lipinski definition) is 4. The molecule has 1 N–H and O–H groups in total. The summed E-state index contributed by atoms with van der Waals surface area (Å²) >= 11 is 1.53. The lowest BCUT2D eigenvalue weighted by atomic mass is 9.99. The third-order valence-electron chi connectivity index (χ3n) is 3.11. The molecule has 5 heteroatoms. The van der Waals surface area contributed by atoms with Crippen LogP contribution in [0.15, 0.2) is 4.99 Å². The van der Waals surface area contributed by atoms with Gasteiger partial charge in [0.15, 0.2) is 5.17 Å². The minimum atomic E-state index is 0.258. The molecule has 0 aromatic heterocycles. The van der Waals surface area contributed by atoms with Crippen molar-refractivity contribution in [2.75, 3.05) is 31.9 Å². The minimum Gasteiger partial charge on any atom is -0.363 e. The van der Waals surface area contributed by atoms with Gasteiger partial charge in [-0.1, -0.05) is 18.7 Å². The summed E-state index contributed by atoms with van der Waals surface area (Å²) in [5.74, 6) is 1.56. The standard InChI is InChI=1S/C11H19N3OS/c1-9-2-6-14(7-3-9)10(15)8-16-11-12-4-5-13-11/h9H,2-8H2,1H3,(H,12,13). The van der Waals surface area contributed by atoms with E-state index in [9.17, 15) is 4.79 Å². The van der Waals surface area contributed by atoms with Gasteiger partial charge in [0.1, 0.15) is 0 Å². The highest BCUT2D eigenvalue weighted by molar-refractivity contribution is 8.14. The van der Waals surface area contributed by atoms with Crippen molar-refractivity contribution in [2.24, 2.45) is 10.9 Å². The molecule has 0 spiro atoms. The van der Waals surface area contributed by atoms with Gasteiger partial charge in [-0.15, -0.1) is 0 Å². The summed E-state index contributed by atoms with van der Waals surface area (Å²) < 4.78 is 0. The summed E-state index contributed by atoms with van der Waals surface area (Å²) in [6.45, 7) is 5.88. The summed E-state index contributed by atoms with van der Waals surface area (Å²) in [6, 6.07) is 0. The summed E-state index contributed by atoms with van der Waals surface area (Å²) in [4.78, 5) is 18.1. The number of carbonyl (C=O) groups excluding carboxylic acids is 1. The molecule has 0 aliphatic carbocycles. The first-order valence-corrected chi connectivity index (χ1v) is 6.93. The Morgan fingerprint density at radius 3 is 2.94 bits per heavy atom. The summed E-state index contributed by atoms with van der Waals surface area (Å²) in [7, 11) is 0. The van der Waals surface area contributed by atoms with Crippen molar-refractivity contribution in [1.29, 1.82) is 0 Å². The molecule has 0 atom stereocenters. The monoisotopic (exact) mass is 241 g/mol. The quantitative estimate of drug-likeness (QED) is 0.782. The average molecular weight is 241 g/mol. The zero-order valence-corrected chi connectivity index (χ0v) is 10.6. The molecule has 0 radical (unpaired) electrons. The van der Waals surface area contributed by atoms with E-state index in [-0.39, 0.29) is 5.91 Å². The predicted molar refractivity (Wildman–Crippen MR) is 67.7 cm³/mol. The van der Waals surface area contributed by atoms with Crippen LogP contribution in [0.2, 0.25) is 0 Å². The molecule has 4 nitrogen and oxygen atoms in total. The van der Waals surface area contributed by atoms with Crippen LogP contribution in [0, 0.1) is 5.92 Å². The average Bonchev–Trinajstić information content (AvgIpc) is 2.80. The molecule has 2 heterocycles. The number of carbonyl (C=O) groups is 1. The van der Waals surface area contributed by atoms with Crippen LogP contribution in [0.5, 0.6) is 0 Å². The second-order valence-corrected chi connectivity index (χ2v) is 5.43. The fourth-order valence-corrected chi connectivity index (χ4v) is 2.78. The van der Waals surface area contributed by atoms with Gasteiger partial charge in [-0.05, 0) is 18.8 Å². The molecular formula is C11H19N3OS. The van der Waals surface area contributed by atoms with Gasteiger partial charge in [-0.2, -0.15) is 0 Å². The molecule has 0 saturated carbocycles. The maximum absolute atomic E-state index is 11.9. The van der Waals surface area contributed by atoms with Crippen LogP contribution >= 0.6 is 11.8 Å². The van der Waals surface area contributed by atoms with Crippen molar-refractivity contribution in [3.05, 3.63) is 0 Å². The first-order valence-electron chi connectivity index (χ1n) is 5.94. The van der Waals surface area contributed by atoms with Gasteiger partial charge in [0.05, 0.1) is 12.3 Å². The van der Waals surface area contributed by atoms with Gasteiger partial charge >= 0.3 is 0 Å². The smallest absolute Gasteiger partial charge is 0.233 e. The van der Waals surface area contributed by atoms with Crippen LogP contribution in [0.25, 0.3) is 0 Å². The van der Waals surface area contributed by atoms with Gasteiger partial charge in [0.25, 0.3) is 0 Å². The molecule has 2 rings (SSSR count). The van der Waals surface area contributed by atoms with E-state index in [4.69, 9.17) is 0 Å². The van der Waals surface area contributed by atoms with E-state index in [1.807, 2.05) is 4.90 Å². The maximum atomic E-state index is 11.9. The van der Waals surface area contributed by atoms with Gasteiger partial charge in [0.2, 0.25) is 5.91 Å². The summed E-state index contributed by atoms with van der Waals surface area (Å²) in [5.41, 5.74) is 0. The number of nitrogens with zero attached hydrogens (tertiary/aromatic N) is 2. The molecule has 2 aliphatic rings. The molecule has 1 fully saturated rings. The van der Waals surface area contributed by atoms with Crippen LogP contribution in [0.3, 0.4) is 0 Å². The van der Waals surface area contributed by atoms with Gasteiger partial charge in [-0.3, -0.25) is 9.79 Å². The molecule has 16 heavy (non-hydrogen) atoms. The van der Waals surface area contributed by atoms with E-state index in [1.165, 1.54) is 11.8 Å². The maximum Gasteiger partial charge on any atom is 0.233 e. The highest BCUT2D eigenvalue weighted by atomic mass is 32.2. The Morgan fingerprint density at radius 2 is 2.31 bits per heavy atom. The van der Waals surface area contributed by atoms with Crippen LogP contribution in [0.1, 0.15) is 19.8 Å². The molecular weight excluding hydrogens is 222 g/mol. The molecule has 1 amide bonds. The Kier molecular flexibility index (Phi) is 4.09. The van der Waals surface area contributed by atoms with Crippen molar-refractivity contribution in [1.82, 2.24) is 10.2 Å². The lowest BCUT2D eigenvalue weighted by Gasteiger charge is -2.30. The molecule has 0 aromatic rings. The molecule has 0 bridgehead atoms. The first-order chi connectivity index (χ1) is 7.75. The Morgan fingerprint density at radius 1 is 1.56 bits per heavy atom. The van der Waals surface area contributed by atoms with E-state index < -0.39 is 0 Å². The van der Waals surface area contributed by atoms with Crippen LogP contribution in [0.4, 0.5) is 0 Å². The molecule has 90 valence electrons. The Bertz CT molecular complexity index is 285. The van der Waals surface area contributed by atoms with Crippen LogP contribution in [-0.4, -0.2) is 47.9 Å². The number of amides is 1. The zero-order valence-electron chi connectivity index (χ0n) is 9.74. The molecule has 2 aliphatic heterocycles. The number of aliphatic imine (C=N–C) groups is 1. The van der Waals surface area contributed by atoms with Crippen LogP contribution in [-0.2, 0) is 4.79 Å². The topological polar surface area (TPSA) is 44.7 Å². The lowest BCUT2D eigenvalue weighted by molar-refractivity contribution is -0.129. The highest BCUT2D eigenvalue weighted by Crippen LogP contribution is 2.17. The van der Waals surface area contributed by atoms with E-state index in [0.717, 1.165) is 50.1 Å². The second kappa shape index (κ2) is 5.57. The first kappa shape index (κ1) is 11.8. The number of rotatable bonds is 2. The van der Waals surface area contributed by atoms with Gasteiger partial charge in [-0.25, -0.2) is 0 Å². The molecule has 1 saturated heterocycles. The normalized spacial score (nSPS) is 21.8. The number of amidine groups is 1. The van der Waals surface area contributed by atoms with Crippen molar-refractivity contribution in [3.63, 3.8) is 0 Å². The van der Waals surface area contributed by atoms with E-state index in [2.05, 4.69) is 17.2 Å². The van der Waals surface area contributed by atoms with Crippen molar-refractivity contribution in [2.45, 2.75) is 19.8 Å². The van der Waals surface area contributed by atoms with Crippen molar-refractivity contribution in [3.8, 4) is 0 Å². The fraction of sp³-hybridized carbons (Fsp3) is 0.818. The second-order valence-electron chi connectivity index (χ2n) is 4.47. The number of piperidine rings is 1. The number of thioether (sulfide) groups is 1. The van der Waals surface area contributed by atoms with Crippen LogP contribution < -0.4 is 5.32 Å². The third-order valence-corrected chi connectivity index (χ3v) is 4.05. The highest BCUT2D eigenvalue weighted by Gasteiger charge is 2.20. The SMILES string of the molecule is CC1CCN(C(=O)CSC2=NCCN2)CC1. The lowest BCUT2D eigenvalue weighted by Crippen LogP contribution is -2.39. The van der Waals surface area contributed by atoms with E-state index in [1.54, 1.807) is 0 Å².